The highest BCUT2D eigenvalue weighted by molar-refractivity contribution is 5.94. The summed E-state index contributed by atoms with van der Waals surface area (Å²) < 4.78 is 13.3. The average molecular weight is 398 g/mol. The third-order valence-corrected chi connectivity index (χ3v) is 5.13. The van der Waals surface area contributed by atoms with E-state index in [1.165, 1.54) is 12.1 Å². The highest BCUT2D eigenvalue weighted by Gasteiger charge is 2.26. The van der Waals surface area contributed by atoms with Crippen LogP contribution >= 0.6 is 0 Å². The first-order valence-corrected chi connectivity index (χ1v) is 9.85. The molecular weight excluding hydrogens is 371 g/mol. The van der Waals surface area contributed by atoms with E-state index in [1.54, 1.807) is 12.1 Å². The lowest BCUT2D eigenvalue weighted by atomic mass is 10.2. The molecule has 1 saturated heterocycles. The Morgan fingerprint density at radius 1 is 1.03 bits per heavy atom. The molecule has 1 unspecified atom stereocenters. The number of rotatable bonds is 7. The van der Waals surface area contributed by atoms with Crippen LogP contribution in [0.1, 0.15) is 12.5 Å². The number of nitrogens with one attached hydrogen (secondary N) is 2. The lowest BCUT2D eigenvalue weighted by Crippen LogP contribution is -2.54. The lowest BCUT2D eigenvalue weighted by Gasteiger charge is -2.37. The fraction of sp³-hybridized carbons (Fsp3) is 0.364. The summed E-state index contributed by atoms with van der Waals surface area (Å²) in [5, 5.41) is 5.70. The van der Waals surface area contributed by atoms with E-state index >= 15 is 0 Å². The minimum atomic E-state index is -0.380. The molecule has 1 aliphatic heterocycles. The molecule has 2 aromatic carbocycles. The number of hydrogen-bond donors (Lipinski definition) is 2. The highest BCUT2D eigenvalue weighted by Crippen LogP contribution is 2.12. The van der Waals surface area contributed by atoms with Crippen molar-refractivity contribution >= 4 is 17.5 Å². The van der Waals surface area contributed by atoms with Crippen LogP contribution in [0.25, 0.3) is 0 Å². The predicted octanol–water partition coefficient (Wildman–Crippen LogP) is 2.09. The zero-order valence-corrected chi connectivity index (χ0v) is 16.6. The molecule has 6 nitrogen and oxygen atoms in total. The maximum absolute atomic E-state index is 13.3. The van der Waals surface area contributed by atoms with Crippen molar-refractivity contribution in [3.63, 3.8) is 0 Å². The van der Waals surface area contributed by atoms with Gasteiger partial charge in [0.05, 0.1) is 12.6 Å². The van der Waals surface area contributed by atoms with Crippen LogP contribution < -0.4 is 10.6 Å². The van der Waals surface area contributed by atoms with Crippen LogP contribution in [0.3, 0.4) is 0 Å². The monoisotopic (exact) mass is 398 g/mol. The molecule has 7 heteroatoms. The zero-order chi connectivity index (χ0) is 20.6. The van der Waals surface area contributed by atoms with Crippen molar-refractivity contribution in [1.29, 1.82) is 0 Å². The Morgan fingerprint density at radius 2 is 1.76 bits per heavy atom. The van der Waals surface area contributed by atoms with Gasteiger partial charge in [0, 0.05) is 38.4 Å². The van der Waals surface area contributed by atoms with Crippen LogP contribution in [0.5, 0.6) is 0 Å². The Labute approximate surface area is 170 Å². The molecule has 0 saturated carbocycles. The topological polar surface area (TPSA) is 64.7 Å². The van der Waals surface area contributed by atoms with Crippen molar-refractivity contribution in [3.05, 3.63) is 66.0 Å². The van der Waals surface area contributed by atoms with Crippen molar-refractivity contribution in [3.8, 4) is 0 Å². The second-order valence-corrected chi connectivity index (χ2v) is 7.25. The standard InChI is InChI=1S/C22H27FN4O2/c1-17(22(29)25-20-9-5-8-19(23)14-20)27-12-10-26(11-13-27)16-21(28)24-15-18-6-3-2-4-7-18/h2-9,14,17H,10-13,15-16H2,1H3,(H,24,28)(H,25,29). The number of benzene rings is 2. The summed E-state index contributed by atoms with van der Waals surface area (Å²) in [5.41, 5.74) is 1.53. The molecule has 3 rings (SSSR count). The lowest BCUT2D eigenvalue weighted by molar-refractivity contribution is -0.124. The van der Waals surface area contributed by atoms with E-state index in [9.17, 15) is 14.0 Å². The Hall–Kier alpha value is -2.77. The number of piperazine rings is 1. The first-order valence-electron chi connectivity index (χ1n) is 9.85. The van der Waals surface area contributed by atoms with Crippen LogP contribution in [0.4, 0.5) is 10.1 Å². The van der Waals surface area contributed by atoms with Gasteiger partial charge in [0.25, 0.3) is 0 Å². The van der Waals surface area contributed by atoms with Gasteiger partial charge in [-0.2, -0.15) is 0 Å². The van der Waals surface area contributed by atoms with Gasteiger partial charge >= 0.3 is 0 Å². The molecule has 0 aromatic heterocycles. The SMILES string of the molecule is CC(C(=O)Nc1cccc(F)c1)N1CCN(CC(=O)NCc2ccccc2)CC1. The highest BCUT2D eigenvalue weighted by atomic mass is 19.1. The van der Waals surface area contributed by atoms with Crippen molar-refractivity contribution < 1.29 is 14.0 Å². The molecule has 1 atom stereocenters. The van der Waals surface area contributed by atoms with Gasteiger partial charge in [0.2, 0.25) is 11.8 Å². The summed E-state index contributed by atoms with van der Waals surface area (Å²) >= 11 is 0. The minimum absolute atomic E-state index is 0.000742. The maximum Gasteiger partial charge on any atom is 0.241 e. The molecule has 0 bridgehead atoms. The van der Waals surface area contributed by atoms with Crippen molar-refractivity contribution in [2.75, 3.05) is 38.0 Å². The van der Waals surface area contributed by atoms with Gasteiger partial charge in [-0.1, -0.05) is 36.4 Å². The average Bonchev–Trinajstić information content (AvgIpc) is 2.73. The summed E-state index contributed by atoms with van der Waals surface area (Å²) in [6, 6.07) is 15.4. The normalized spacial score (nSPS) is 16.2. The summed E-state index contributed by atoms with van der Waals surface area (Å²) in [4.78, 5) is 28.8. The molecule has 2 aromatic rings. The molecule has 0 aliphatic carbocycles. The molecule has 1 fully saturated rings. The van der Waals surface area contributed by atoms with E-state index in [1.807, 2.05) is 37.3 Å². The summed E-state index contributed by atoms with van der Waals surface area (Å²) in [6.45, 7) is 5.55. The molecule has 0 spiro atoms. The molecule has 1 aliphatic rings. The van der Waals surface area contributed by atoms with Crippen molar-refractivity contribution in [1.82, 2.24) is 15.1 Å². The fourth-order valence-electron chi connectivity index (χ4n) is 3.34. The number of carbonyl (C=O) groups is 2. The first-order chi connectivity index (χ1) is 14.0. The van der Waals surface area contributed by atoms with Crippen LogP contribution in [0, 0.1) is 5.82 Å². The van der Waals surface area contributed by atoms with Gasteiger partial charge in [-0.3, -0.25) is 19.4 Å². The van der Waals surface area contributed by atoms with Gasteiger partial charge < -0.3 is 10.6 Å². The second kappa shape index (κ2) is 10.1. The van der Waals surface area contributed by atoms with Gasteiger partial charge in [-0.15, -0.1) is 0 Å². The Morgan fingerprint density at radius 3 is 2.45 bits per heavy atom. The number of halogens is 1. The second-order valence-electron chi connectivity index (χ2n) is 7.25. The predicted molar refractivity (Wildman–Crippen MR) is 111 cm³/mol. The molecule has 0 radical (unpaired) electrons. The number of nitrogens with zero attached hydrogens (tertiary/aromatic N) is 2. The van der Waals surface area contributed by atoms with Gasteiger partial charge in [-0.25, -0.2) is 4.39 Å². The maximum atomic E-state index is 13.3. The van der Waals surface area contributed by atoms with Gasteiger partial charge in [0.15, 0.2) is 0 Å². The molecular formula is C22H27FN4O2. The smallest absolute Gasteiger partial charge is 0.241 e. The fourth-order valence-corrected chi connectivity index (χ4v) is 3.34. The van der Waals surface area contributed by atoms with Gasteiger partial charge in [0.1, 0.15) is 5.82 Å². The van der Waals surface area contributed by atoms with Crippen LogP contribution in [-0.4, -0.2) is 60.4 Å². The van der Waals surface area contributed by atoms with E-state index in [4.69, 9.17) is 0 Å². The third-order valence-electron chi connectivity index (χ3n) is 5.13. The van der Waals surface area contributed by atoms with Crippen molar-refractivity contribution in [2.24, 2.45) is 0 Å². The van der Waals surface area contributed by atoms with E-state index < -0.39 is 0 Å². The van der Waals surface area contributed by atoms with E-state index in [0.717, 1.165) is 18.7 Å². The summed E-state index contributed by atoms with van der Waals surface area (Å²) in [5.74, 6) is -0.543. The Kier molecular flexibility index (Phi) is 7.32. The van der Waals surface area contributed by atoms with E-state index in [0.29, 0.717) is 31.9 Å². The molecule has 2 amide bonds. The van der Waals surface area contributed by atoms with E-state index in [-0.39, 0.29) is 23.7 Å². The van der Waals surface area contributed by atoms with Crippen molar-refractivity contribution in [2.45, 2.75) is 19.5 Å². The molecule has 2 N–H and O–H groups in total. The third kappa shape index (κ3) is 6.37. The number of anilines is 1. The van der Waals surface area contributed by atoms with Crippen LogP contribution in [0.15, 0.2) is 54.6 Å². The van der Waals surface area contributed by atoms with Crippen LogP contribution in [0.2, 0.25) is 0 Å². The van der Waals surface area contributed by atoms with E-state index in [2.05, 4.69) is 20.4 Å². The zero-order valence-electron chi connectivity index (χ0n) is 16.6. The van der Waals surface area contributed by atoms with Crippen LogP contribution in [-0.2, 0) is 16.1 Å². The summed E-state index contributed by atoms with van der Waals surface area (Å²) in [7, 11) is 0. The largest absolute Gasteiger partial charge is 0.351 e. The Bertz CT molecular complexity index is 823. The first kappa shape index (κ1) is 21.0. The minimum Gasteiger partial charge on any atom is -0.351 e. The number of amides is 2. The quantitative estimate of drug-likeness (QED) is 0.750. The number of hydrogen-bond acceptors (Lipinski definition) is 4. The number of carbonyl (C=O) groups excluding carboxylic acids is 2. The molecule has 154 valence electrons. The van der Waals surface area contributed by atoms with Gasteiger partial charge in [-0.05, 0) is 30.7 Å². The summed E-state index contributed by atoms with van der Waals surface area (Å²) in [6.07, 6.45) is 0. The molecule has 29 heavy (non-hydrogen) atoms. The molecule has 1 heterocycles. The Balaban J connectivity index is 1.40.